The van der Waals surface area contributed by atoms with Gasteiger partial charge >= 0.3 is 6.18 Å². The van der Waals surface area contributed by atoms with E-state index >= 15 is 0 Å². The zero-order valence-electron chi connectivity index (χ0n) is 8.53. The predicted molar refractivity (Wildman–Crippen MR) is 50.1 cm³/mol. The molecule has 0 radical (unpaired) electrons. The Balaban J connectivity index is 2.50. The van der Waals surface area contributed by atoms with Gasteiger partial charge in [-0.1, -0.05) is 19.8 Å². The fourth-order valence-electron chi connectivity index (χ4n) is 2.10. The van der Waals surface area contributed by atoms with Crippen LogP contribution in [0.1, 0.15) is 39.0 Å². The Morgan fingerprint density at radius 1 is 1.21 bits per heavy atom. The van der Waals surface area contributed by atoms with Gasteiger partial charge in [0, 0.05) is 6.04 Å². The van der Waals surface area contributed by atoms with Gasteiger partial charge in [0.2, 0.25) is 0 Å². The fourth-order valence-corrected chi connectivity index (χ4v) is 2.10. The highest BCUT2D eigenvalue weighted by molar-refractivity contribution is 4.85. The Hall–Kier alpha value is -0.250. The molecule has 0 amide bonds. The Morgan fingerprint density at radius 3 is 2.43 bits per heavy atom. The van der Waals surface area contributed by atoms with Crippen molar-refractivity contribution in [2.45, 2.75) is 51.2 Å². The summed E-state index contributed by atoms with van der Waals surface area (Å²) in [7, 11) is 0. The molecule has 1 fully saturated rings. The van der Waals surface area contributed by atoms with Gasteiger partial charge in [-0.2, -0.15) is 13.2 Å². The molecule has 1 aliphatic carbocycles. The average molecular weight is 209 g/mol. The summed E-state index contributed by atoms with van der Waals surface area (Å²) in [5.41, 5.74) is 0. The minimum Gasteiger partial charge on any atom is -0.313 e. The Labute approximate surface area is 83.1 Å². The van der Waals surface area contributed by atoms with Crippen molar-refractivity contribution in [3.63, 3.8) is 0 Å². The molecule has 2 unspecified atom stereocenters. The van der Waals surface area contributed by atoms with Crippen molar-refractivity contribution in [2.24, 2.45) is 5.92 Å². The third-order valence-corrected chi connectivity index (χ3v) is 2.84. The van der Waals surface area contributed by atoms with Crippen molar-refractivity contribution in [3.8, 4) is 0 Å². The first kappa shape index (κ1) is 11.8. The van der Waals surface area contributed by atoms with E-state index in [2.05, 4.69) is 5.32 Å². The second-order valence-electron chi connectivity index (χ2n) is 3.99. The van der Waals surface area contributed by atoms with E-state index in [4.69, 9.17) is 0 Å². The van der Waals surface area contributed by atoms with Crippen LogP contribution in [-0.4, -0.2) is 18.8 Å². The molecule has 1 aliphatic rings. The number of nitrogens with one attached hydrogen (secondary N) is 1. The molecular weight excluding hydrogens is 191 g/mol. The molecule has 0 aromatic heterocycles. The van der Waals surface area contributed by atoms with Crippen LogP contribution in [0.2, 0.25) is 0 Å². The van der Waals surface area contributed by atoms with Gasteiger partial charge in [-0.25, -0.2) is 0 Å². The summed E-state index contributed by atoms with van der Waals surface area (Å²) in [4.78, 5) is 0. The maximum absolute atomic E-state index is 12.6. The van der Waals surface area contributed by atoms with Crippen molar-refractivity contribution in [1.29, 1.82) is 0 Å². The van der Waals surface area contributed by atoms with E-state index in [0.29, 0.717) is 25.8 Å². The molecule has 1 rings (SSSR count). The van der Waals surface area contributed by atoms with Gasteiger partial charge in [-0.05, 0) is 25.8 Å². The highest BCUT2D eigenvalue weighted by Gasteiger charge is 2.45. The molecule has 0 spiro atoms. The first-order valence-corrected chi connectivity index (χ1v) is 5.35. The number of halogens is 3. The van der Waals surface area contributed by atoms with Gasteiger partial charge in [0.25, 0.3) is 0 Å². The van der Waals surface area contributed by atoms with Crippen LogP contribution >= 0.6 is 0 Å². The molecule has 0 aromatic rings. The summed E-state index contributed by atoms with van der Waals surface area (Å²) in [5, 5.41) is 3.01. The lowest BCUT2D eigenvalue weighted by molar-refractivity contribution is -0.188. The monoisotopic (exact) mass is 209 g/mol. The molecule has 1 N–H and O–H groups in total. The van der Waals surface area contributed by atoms with Crippen molar-refractivity contribution < 1.29 is 13.2 Å². The first-order valence-electron chi connectivity index (χ1n) is 5.35. The topological polar surface area (TPSA) is 12.0 Å². The highest BCUT2D eigenvalue weighted by Crippen LogP contribution is 2.37. The Kier molecular flexibility index (Phi) is 4.23. The van der Waals surface area contributed by atoms with Gasteiger partial charge < -0.3 is 5.32 Å². The molecule has 14 heavy (non-hydrogen) atoms. The maximum Gasteiger partial charge on any atom is 0.393 e. The normalized spacial score (nSPS) is 29.1. The average Bonchev–Trinajstić information content (AvgIpc) is 2.14. The van der Waals surface area contributed by atoms with Crippen LogP contribution in [0.4, 0.5) is 13.2 Å². The maximum atomic E-state index is 12.6. The van der Waals surface area contributed by atoms with E-state index in [1.165, 1.54) is 0 Å². The van der Waals surface area contributed by atoms with Crippen molar-refractivity contribution >= 4 is 0 Å². The minimum absolute atomic E-state index is 0.297. The highest BCUT2D eigenvalue weighted by atomic mass is 19.4. The summed E-state index contributed by atoms with van der Waals surface area (Å²) in [6.07, 6.45) is -0.523. The summed E-state index contributed by atoms with van der Waals surface area (Å²) >= 11 is 0. The van der Waals surface area contributed by atoms with E-state index < -0.39 is 12.1 Å². The number of hydrogen-bond acceptors (Lipinski definition) is 1. The van der Waals surface area contributed by atoms with Crippen molar-refractivity contribution in [2.75, 3.05) is 6.54 Å². The minimum atomic E-state index is -4.02. The summed E-state index contributed by atoms with van der Waals surface area (Å²) in [5.74, 6) is -1.12. The second-order valence-corrected chi connectivity index (χ2v) is 3.99. The zero-order chi connectivity index (χ0) is 10.6. The van der Waals surface area contributed by atoms with Crippen LogP contribution in [0.5, 0.6) is 0 Å². The molecule has 84 valence electrons. The van der Waals surface area contributed by atoms with Crippen molar-refractivity contribution in [3.05, 3.63) is 0 Å². The molecule has 0 bridgehead atoms. The summed E-state index contributed by atoms with van der Waals surface area (Å²) in [6, 6.07) is -0.344. The smallest absolute Gasteiger partial charge is 0.313 e. The van der Waals surface area contributed by atoms with Crippen LogP contribution in [0.3, 0.4) is 0 Å². The molecule has 0 heterocycles. The fraction of sp³-hybridized carbons (Fsp3) is 1.00. The van der Waals surface area contributed by atoms with E-state index in [-0.39, 0.29) is 6.04 Å². The van der Waals surface area contributed by atoms with Gasteiger partial charge in [-0.3, -0.25) is 0 Å². The Bertz CT molecular complexity index is 167. The van der Waals surface area contributed by atoms with Crippen LogP contribution in [0.15, 0.2) is 0 Å². The second kappa shape index (κ2) is 5.01. The molecule has 0 aliphatic heterocycles. The molecule has 2 atom stereocenters. The van der Waals surface area contributed by atoms with E-state index in [1.54, 1.807) is 0 Å². The number of rotatable bonds is 3. The molecule has 1 nitrogen and oxygen atoms in total. The van der Waals surface area contributed by atoms with Crippen LogP contribution in [-0.2, 0) is 0 Å². The lowest BCUT2D eigenvalue weighted by Gasteiger charge is -2.33. The number of alkyl halides is 3. The van der Waals surface area contributed by atoms with Crippen molar-refractivity contribution in [1.82, 2.24) is 5.32 Å². The van der Waals surface area contributed by atoms with Crippen LogP contribution < -0.4 is 5.32 Å². The predicted octanol–water partition coefficient (Wildman–Crippen LogP) is 3.11. The standard InChI is InChI=1S/C10H18F3N/c1-2-7-14-9-6-4-3-5-8(9)10(11,12)13/h8-9,14H,2-7H2,1H3. The van der Waals surface area contributed by atoms with E-state index in [9.17, 15) is 13.2 Å². The summed E-state index contributed by atoms with van der Waals surface area (Å²) < 4.78 is 37.7. The first-order chi connectivity index (χ1) is 6.55. The molecule has 4 heteroatoms. The molecule has 0 saturated heterocycles. The lowest BCUT2D eigenvalue weighted by atomic mass is 9.84. The van der Waals surface area contributed by atoms with Crippen LogP contribution in [0.25, 0.3) is 0 Å². The van der Waals surface area contributed by atoms with Gasteiger partial charge in [0.15, 0.2) is 0 Å². The Morgan fingerprint density at radius 2 is 1.86 bits per heavy atom. The van der Waals surface area contributed by atoms with E-state index in [0.717, 1.165) is 12.8 Å². The number of hydrogen-bond donors (Lipinski definition) is 1. The van der Waals surface area contributed by atoms with Gasteiger partial charge in [-0.15, -0.1) is 0 Å². The van der Waals surface area contributed by atoms with Gasteiger partial charge in [0.1, 0.15) is 0 Å². The van der Waals surface area contributed by atoms with Crippen LogP contribution in [0, 0.1) is 5.92 Å². The lowest BCUT2D eigenvalue weighted by Crippen LogP contribution is -2.45. The molecular formula is C10H18F3N. The SMILES string of the molecule is CCCNC1CCCCC1C(F)(F)F. The van der Waals surface area contributed by atoms with Gasteiger partial charge in [0.05, 0.1) is 5.92 Å². The quantitative estimate of drug-likeness (QED) is 0.753. The van der Waals surface area contributed by atoms with E-state index in [1.807, 2.05) is 6.92 Å². The third-order valence-electron chi connectivity index (χ3n) is 2.84. The zero-order valence-corrected chi connectivity index (χ0v) is 8.53. The summed E-state index contributed by atoms with van der Waals surface area (Å²) in [6.45, 7) is 2.66. The molecule has 0 aromatic carbocycles. The largest absolute Gasteiger partial charge is 0.393 e. The third kappa shape index (κ3) is 3.15. The molecule has 1 saturated carbocycles.